The number of nitrogens with one attached hydrogen (secondary N) is 1. The second-order valence-electron chi connectivity index (χ2n) is 3.74. The average Bonchev–Trinajstić information content (AvgIpc) is 2.28. The average molecular weight is 238 g/mol. The number of aromatic nitrogens is 2. The van der Waals surface area contributed by atoms with Gasteiger partial charge in [-0.2, -0.15) is 0 Å². The summed E-state index contributed by atoms with van der Waals surface area (Å²) in [5.74, 6) is 0.706. The number of benzene rings is 1. The summed E-state index contributed by atoms with van der Waals surface area (Å²) >= 11 is 5.64. The van der Waals surface area contributed by atoms with Crippen molar-refractivity contribution in [3.05, 3.63) is 34.4 Å². The van der Waals surface area contributed by atoms with Crippen molar-refractivity contribution in [3.63, 3.8) is 0 Å². The van der Waals surface area contributed by atoms with E-state index in [-0.39, 0.29) is 11.4 Å². The monoisotopic (exact) mass is 237 g/mol. The molecule has 0 fully saturated rings. The lowest BCUT2D eigenvalue weighted by Gasteiger charge is -2.12. The van der Waals surface area contributed by atoms with Gasteiger partial charge in [0.05, 0.1) is 16.8 Å². The highest BCUT2D eigenvalue weighted by molar-refractivity contribution is 6.16. The fourth-order valence-electron chi connectivity index (χ4n) is 1.52. The quantitative estimate of drug-likeness (QED) is 0.810. The third kappa shape index (κ3) is 1.88. The van der Waals surface area contributed by atoms with Gasteiger partial charge in [0.2, 0.25) is 0 Å². The van der Waals surface area contributed by atoms with E-state index in [4.69, 9.17) is 11.6 Å². The maximum Gasteiger partial charge on any atom is 0.258 e. The molecule has 0 amide bonds. The standard InChI is InChI=1S/C11H12ClN3O/c1-15(2)7-3-4-9-8(5-7)11(16)14-10(6-12)13-9/h3-5H,6H2,1-2H3,(H,13,14,16). The number of fused-ring (bicyclic) bond motifs is 1. The van der Waals surface area contributed by atoms with Gasteiger partial charge in [-0.3, -0.25) is 4.79 Å². The summed E-state index contributed by atoms with van der Waals surface area (Å²) in [4.78, 5) is 20.6. The molecule has 4 nitrogen and oxygen atoms in total. The summed E-state index contributed by atoms with van der Waals surface area (Å²) in [5, 5.41) is 0.583. The Bertz CT molecular complexity index is 577. The Morgan fingerprint density at radius 1 is 1.44 bits per heavy atom. The minimum atomic E-state index is -0.149. The summed E-state index contributed by atoms with van der Waals surface area (Å²) < 4.78 is 0. The number of rotatable bonds is 2. The highest BCUT2D eigenvalue weighted by Crippen LogP contribution is 2.16. The Labute approximate surface area is 97.9 Å². The predicted molar refractivity (Wildman–Crippen MR) is 66.2 cm³/mol. The Morgan fingerprint density at radius 2 is 2.19 bits per heavy atom. The molecule has 5 heteroatoms. The summed E-state index contributed by atoms with van der Waals surface area (Å²) in [5.41, 5.74) is 1.49. The van der Waals surface area contributed by atoms with Crippen molar-refractivity contribution in [1.82, 2.24) is 9.97 Å². The fraction of sp³-hybridized carbons (Fsp3) is 0.273. The SMILES string of the molecule is CN(C)c1ccc2nc(CCl)[nH]c(=O)c2c1. The second-order valence-corrected chi connectivity index (χ2v) is 4.01. The first-order valence-corrected chi connectivity index (χ1v) is 5.41. The zero-order chi connectivity index (χ0) is 11.7. The van der Waals surface area contributed by atoms with E-state index in [0.717, 1.165) is 5.69 Å². The van der Waals surface area contributed by atoms with Gasteiger partial charge in [-0.1, -0.05) is 0 Å². The van der Waals surface area contributed by atoms with Crippen LogP contribution < -0.4 is 10.5 Å². The molecule has 0 atom stereocenters. The van der Waals surface area contributed by atoms with Gasteiger partial charge in [0.25, 0.3) is 5.56 Å². The van der Waals surface area contributed by atoms with Crippen LogP contribution in [-0.4, -0.2) is 24.1 Å². The molecule has 0 aliphatic rings. The molecule has 2 rings (SSSR count). The number of hydrogen-bond donors (Lipinski definition) is 1. The summed E-state index contributed by atoms with van der Waals surface area (Å²) in [6.07, 6.45) is 0. The van der Waals surface area contributed by atoms with Gasteiger partial charge >= 0.3 is 0 Å². The van der Waals surface area contributed by atoms with Gasteiger partial charge < -0.3 is 9.88 Å². The molecule has 0 saturated carbocycles. The van der Waals surface area contributed by atoms with Gasteiger partial charge in [-0.05, 0) is 18.2 Å². The third-order valence-corrected chi connectivity index (χ3v) is 2.63. The van der Waals surface area contributed by atoms with Gasteiger partial charge in [-0.15, -0.1) is 11.6 Å². The Morgan fingerprint density at radius 3 is 2.81 bits per heavy atom. The second kappa shape index (κ2) is 4.14. The molecule has 2 aromatic rings. The molecule has 0 unspecified atom stereocenters. The minimum absolute atomic E-state index is 0.149. The van der Waals surface area contributed by atoms with Crippen molar-refractivity contribution >= 4 is 28.2 Å². The van der Waals surface area contributed by atoms with Crippen molar-refractivity contribution in [3.8, 4) is 0 Å². The zero-order valence-corrected chi connectivity index (χ0v) is 9.88. The number of hydrogen-bond acceptors (Lipinski definition) is 3. The Balaban J connectivity index is 2.71. The third-order valence-electron chi connectivity index (χ3n) is 2.38. The Kier molecular flexibility index (Phi) is 2.83. The van der Waals surface area contributed by atoms with E-state index in [2.05, 4.69) is 9.97 Å². The molecule has 0 radical (unpaired) electrons. The molecule has 16 heavy (non-hydrogen) atoms. The molecule has 1 aromatic heterocycles. The normalized spacial score (nSPS) is 10.7. The molecule has 1 heterocycles. The van der Waals surface area contributed by atoms with Gasteiger partial charge in [0.15, 0.2) is 0 Å². The first-order chi connectivity index (χ1) is 7.61. The summed E-state index contributed by atoms with van der Waals surface area (Å²) in [6.45, 7) is 0. The van der Waals surface area contributed by atoms with E-state index < -0.39 is 0 Å². The Hall–Kier alpha value is -1.55. The van der Waals surface area contributed by atoms with E-state index in [1.54, 1.807) is 0 Å². The van der Waals surface area contributed by atoms with Crippen LogP contribution in [0.2, 0.25) is 0 Å². The lowest BCUT2D eigenvalue weighted by Crippen LogP contribution is -2.13. The maximum absolute atomic E-state index is 11.8. The van der Waals surface area contributed by atoms with Crippen LogP contribution in [0.25, 0.3) is 10.9 Å². The van der Waals surface area contributed by atoms with Gasteiger partial charge in [0, 0.05) is 19.8 Å². The van der Waals surface area contributed by atoms with Crippen LogP contribution in [0.4, 0.5) is 5.69 Å². The number of halogens is 1. The summed E-state index contributed by atoms with van der Waals surface area (Å²) in [6, 6.07) is 5.57. The van der Waals surface area contributed by atoms with Crippen LogP contribution >= 0.6 is 11.6 Å². The first kappa shape index (κ1) is 11.0. The molecule has 84 valence electrons. The number of nitrogens with zero attached hydrogens (tertiary/aromatic N) is 2. The number of H-pyrrole nitrogens is 1. The van der Waals surface area contributed by atoms with Crippen LogP contribution in [0, 0.1) is 0 Å². The molecule has 1 N–H and O–H groups in total. The van der Waals surface area contributed by atoms with E-state index >= 15 is 0 Å². The molecule has 0 aliphatic heterocycles. The largest absolute Gasteiger partial charge is 0.378 e. The molecular weight excluding hydrogens is 226 g/mol. The molecule has 0 saturated heterocycles. The van der Waals surface area contributed by atoms with Crippen LogP contribution in [0.3, 0.4) is 0 Å². The van der Waals surface area contributed by atoms with E-state index in [0.29, 0.717) is 16.7 Å². The summed E-state index contributed by atoms with van der Waals surface area (Å²) in [7, 11) is 3.85. The van der Waals surface area contributed by atoms with Gasteiger partial charge in [0.1, 0.15) is 5.82 Å². The highest BCUT2D eigenvalue weighted by Gasteiger charge is 2.05. The minimum Gasteiger partial charge on any atom is -0.378 e. The van der Waals surface area contributed by atoms with Crippen molar-refractivity contribution in [2.45, 2.75) is 5.88 Å². The highest BCUT2D eigenvalue weighted by atomic mass is 35.5. The van der Waals surface area contributed by atoms with Crippen molar-refractivity contribution in [2.75, 3.05) is 19.0 Å². The van der Waals surface area contributed by atoms with Crippen LogP contribution in [0.1, 0.15) is 5.82 Å². The number of aromatic amines is 1. The molecule has 1 aromatic carbocycles. The van der Waals surface area contributed by atoms with E-state index in [1.165, 1.54) is 0 Å². The fourth-order valence-corrected chi connectivity index (χ4v) is 1.64. The molecule has 0 aliphatic carbocycles. The van der Waals surface area contributed by atoms with Crippen LogP contribution in [0.15, 0.2) is 23.0 Å². The maximum atomic E-state index is 11.8. The van der Waals surface area contributed by atoms with Crippen LogP contribution in [-0.2, 0) is 5.88 Å². The van der Waals surface area contributed by atoms with Crippen LogP contribution in [0.5, 0.6) is 0 Å². The number of anilines is 1. The predicted octanol–water partition coefficient (Wildman–Crippen LogP) is 1.73. The lowest BCUT2D eigenvalue weighted by atomic mass is 10.2. The first-order valence-electron chi connectivity index (χ1n) is 4.88. The van der Waals surface area contributed by atoms with Crippen molar-refractivity contribution in [1.29, 1.82) is 0 Å². The zero-order valence-electron chi connectivity index (χ0n) is 9.12. The number of alkyl halides is 1. The molecule has 0 spiro atoms. The lowest BCUT2D eigenvalue weighted by molar-refractivity contribution is 1.03. The van der Waals surface area contributed by atoms with E-state index in [1.807, 2.05) is 37.2 Å². The molecule has 0 bridgehead atoms. The smallest absolute Gasteiger partial charge is 0.258 e. The molecular formula is C11H12ClN3O. The van der Waals surface area contributed by atoms with Crippen molar-refractivity contribution in [2.24, 2.45) is 0 Å². The van der Waals surface area contributed by atoms with E-state index in [9.17, 15) is 4.79 Å². The van der Waals surface area contributed by atoms with Gasteiger partial charge in [-0.25, -0.2) is 4.98 Å². The van der Waals surface area contributed by atoms with Crippen molar-refractivity contribution < 1.29 is 0 Å². The topological polar surface area (TPSA) is 49.0 Å².